The van der Waals surface area contributed by atoms with E-state index in [1.807, 2.05) is 6.92 Å². The quantitative estimate of drug-likeness (QED) is 0.801. The van der Waals surface area contributed by atoms with Gasteiger partial charge in [-0.1, -0.05) is 13.8 Å². The number of urea groups is 1. The van der Waals surface area contributed by atoms with Gasteiger partial charge in [-0.3, -0.25) is 0 Å². The van der Waals surface area contributed by atoms with E-state index in [0.717, 1.165) is 6.42 Å². The van der Waals surface area contributed by atoms with E-state index >= 15 is 0 Å². The summed E-state index contributed by atoms with van der Waals surface area (Å²) in [4.78, 5) is 28.1. The van der Waals surface area contributed by atoms with E-state index in [0.29, 0.717) is 19.0 Å². The smallest absolute Gasteiger partial charge is 0.356 e. The van der Waals surface area contributed by atoms with Crippen LogP contribution in [0.15, 0.2) is 12.5 Å². The average molecular weight is 296 g/mol. The Kier molecular flexibility index (Phi) is 6.20. The first kappa shape index (κ1) is 17.0. The van der Waals surface area contributed by atoms with Gasteiger partial charge in [-0.2, -0.15) is 0 Å². The van der Waals surface area contributed by atoms with Crippen LogP contribution < -0.4 is 5.32 Å². The molecule has 1 unspecified atom stereocenters. The first-order chi connectivity index (χ1) is 9.81. The molecule has 0 radical (unpaired) electrons. The molecule has 1 rings (SSSR count). The maximum absolute atomic E-state index is 12.0. The molecule has 2 amide bonds. The second-order valence-corrected chi connectivity index (χ2v) is 5.62. The van der Waals surface area contributed by atoms with Crippen molar-refractivity contribution in [1.29, 1.82) is 0 Å². The summed E-state index contributed by atoms with van der Waals surface area (Å²) in [5.41, 5.74) is 0.00370. The van der Waals surface area contributed by atoms with Crippen LogP contribution in [0.25, 0.3) is 0 Å². The highest BCUT2D eigenvalue weighted by Gasteiger charge is 2.16. The lowest BCUT2D eigenvalue weighted by Gasteiger charge is -2.26. The third-order valence-electron chi connectivity index (χ3n) is 3.29. The van der Waals surface area contributed by atoms with Crippen LogP contribution in [-0.4, -0.2) is 51.2 Å². The zero-order chi connectivity index (χ0) is 16.0. The lowest BCUT2D eigenvalue weighted by molar-refractivity contribution is 0.0691. The molecule has 1 atom stereocenters. The highest BCUT2D eigenvalue weighted by atomic mass is 16.4. The van der Waals surface area contributed by atoms with Gasteiger partial charge in [0.05, 0.1) is 6.33 Å². The Hall–Kier alpha value is -2.05. The molecule has 0 saturated heterocycles. The van der Waals surface area contributed by atoms with Crippen LogP contribution in [0.4, 0.5) is 4.79 Å². The minimum atomic E-state index is -1.06. The number of aromatic carboxylic acids is 1. The third-order valence-corrected chi connectivity index (χ3v) is 3.29. The Morgan fingerprint density at radius 2 is 2.10 bits per heavy atom. The van der Waals surface area contributed by atoms with Gasteiger partial charge >= 0.3 is 12.0 Å². The van der Waals surface area contributed by atoms with Gasteiger partial charge in [-0.05, 0) is 19.3 Å². The summed E-state index contributed by atoms with van der Waals surface area (Å²) >= 11 is 0. The van der Waals surface area contributed by atoms with Gasteiger partial charge < -0.3 is 19.9 Å². The molecule has 2 N–H and O–H groups in total. The van der Waals surface area contributed by atoms with Crippen LogP contribution >= 0.6 is 0 Å². The second kappa shape index (κ2) is 7.66. The van der Waals surface area contributed by atoms with Crippen LogP contribution in [0.5, 0.6) is 0 Å². The van der Waals surface area contributed by atoms with Gasteiger partial charge in [0, 0.05) is 32.4 Å². The zero-order valence-electron chi connectivity index (χ0n) is 13.0. The maximum atomic E-state index is 12.0. The summed E-state index contributed by atoms with van der Waals surface area (Å²) in [5.74, 6) is -0.518. The standard InChI is InChI=1S/C14H24N4O3/c1-10(2)7-11(3)17(4)14(21)15-5-6-18-8-12(13(19)20)16-9-18/h8-11H,5-7H2,1-4H3,(H,15,21)(H,19,20). The molecule has 0 aliphatic carbocycles. The van der Waals surface area contributed by atoms with Gasteiger partial charge in [0.25, 0.3) is 0 Å². The first-order valence-electron chi connectivity index (χ1n) is 7.07. The van der Waals surface area contributed by atoms with E-state index in [1.54, 1.807) is 16.5 Å². The molecule has 1 heterocycles. The molecule has 7 nitrogen and oxygen atoms in total. The van der Waals surface area contributed by atoms with Crippen molar-refractivity contribution in [3.05, 3.63) is 18.2 Å². The molecule has 21 heavy (non-hydrogen) atoms. The molecule has 0 aromatic carbocycles. The van der Waals surface area contributed by atoms with Crippen molar-refractivity contribution in [2.24, 2.45) is 5.92 Å². The fourth-order valence-corrected chi connectivity index (χ4v) is 2.05. The van der Waals surface area contributed by atoms with Crippen molar-refractivity contribution < 1.29 is 14.7 Å². The number of hydrogen-bond acceptors (Lipinski definition) is 3. The zero-order valence-corrected chi connectivity index (χ0v) is 13.0. The summed E-state index contributed by atoms with van der Waals surface area (Å²) in [5, 5.41) is 11.6. The number of nitrogens with zero attached hydrogens (tertiary/aromatic N) is 3. The Labute approximate surface area is 125 Å². The van der Waals surface area contributed by atoms with Gasteiger partial charge in [0.15, 0.2) is 5.69 Å². The lowest BCUT2D eigenvalue weighted by Crippen LogP contribution is -2.43. The van der Waals surface area contributed by atoms with E-state index < -0.39 is 5.97 Å². The van der Waals surface area contributed by atoms with Crippen molar-refractivity contribution in [1.82, 2.24) is 19.8 Å². The van der Waals surface area contributed by atoms with Crippen LogP contribution in [-0.2, 0) is 6.54 Å². The maximum Gasteiger partial charge on any atom is 0.356 e. The molecule has 0 aliphatic heterocycles. The molecule has 0 fully saturated rings. The molecule has 1 aromatic heterocycles. The molecule has 0 aliphatic rings. The van der Waals surface area contributed by atoms with Gasteiger partial charge in [-0.15, -0.1) is 0 Å². The fraction of sp³-hybridized carbons (Fsp3) is 0.643. The Morgan fingerprint density at radius 1 is 1.43 bits per heavy atom. The summed E-state index contributed by atoms with van der Waals surface area (Å²) < 4.78 is 1.64. The monoisotopic (exact) mass is 296 g/mol. The topological polar surface area (TPSA) is 87.5 Å². The van der Waals surface area contributed by atoms with E-state index in [9.17, 15) is 9.59 Å². The highest BCUT2D eigenvalue weighted by Crippen LogP contribution is 2.09. The predicted molar refractivity (Wildman–Crippen MR) is 79.3 cm³/mol. The number of rotatable bonds is 7. The average Bonchev–Trinajstić information content (AvgIpc) is 2.85. The van der Waals surface area contributed by atoms with Crippen molar-refractivity contribution in [3.8, 4) is 0 Å². The third kappa shape index (κ3) is 5.45. The van der Waals surface area contributed by atoms with Crippen molar-refractivity contribution in [3.63, 3.8) is 0 Å². The lowest BCUT2D eigenvalue weighted by atomic mass is 10.0. The number of nitrogens with one attached hydrogen (secondary N) is 1. The molecule has 0 saturated carbocycles. The minimum Gasteiger partial charge on any atom is -0.476 e. The Bertz CT molecular complexity index is 484. The van der Waals surface area contributed by atoms with E-state index in [4.69, 9.17) is 5.11 Å². The van der Waals surface area contributed by atoms with Crippen LogP contribution in [0.3, 0.4) is 0 Å². The number of carbonyl (C=O) groups excluding carboxylic acids is 1. The molecular weight excluding hydrogens is 272 g/mol. The van der Waals surface area contributed by atoms with Crippen molar-refractivity contribution in [2.75, 3.05) is 13.6 Å². The number of hydrogen-bond donors (Lipinski definition) is 2. The number of carbonyl (C=O) groups is 2. The van der Waals surface area contributed by atoms with Crippen LogP contribution in [0.2, 0.25) is 0 Å². The van der Waals surface area contributed by atoms with E-state index in [2.05, 4.69) is 24.1 Å². The highest BCUT2D eigenvalue weighted by molar-refractivity contribution is 5.84. The molecule has 1 aromatic rings. The fourth-order valence-electron chi connectivity index (χ4n) is 2.05. The summed E-state index contributed by atoms with van der Waals surface area (Å²) in [6.07, 6.45) is 3.84. The van der Waals surface area contributed by atoms with Gasteiger partial charge in [0.1, 0.15) is 0 Å². The van der Waals surface area contributed by atoms with Gasteiger partial charge in [0.2, 0.25) is 0 Å². The normalized spacial score (nSPS) is 12.2. The SMILES string of the molecule is CC(C)CC(C)N(C)C(=O)NCCn1cnc(C(=O)O)c1. The number of amides is 2. The number of aromatic nitrogens is 2. The largest absolute Gasteiger partial charge is 0.476 e. The first-order valence-corrected chi connectivity index (χ1v) is 7.07. The molecular formula is C14H24N4O3. The Morgan fingerprint density at radius 3 is 2.62 bits per heavy atom. The van der Waals surface area contributed by atoms with E-state index in [1.165, 1.54) is 12.5 Å². The molecule has 0 spiro atoms. The summed E-state index contributed by atoms with van der Waals surface area (Å²) in [7, 11) is 1.78. The summed E-state index contributed by atoms with van der Waals surface area (Å²) in [6.45, 7) is 7.18. The minimum absolute atomic E-state index is 0.00370. The summed E-state index contributed by atoms with van der Waals surface area (Å²) in [6, 6.07) is 0.0542. The molecule has 0 bridgehead atoms. The molecule has 7 heteroatoms. The molecule has 118 valence electrons. The Balaban J connectivity index is 2.37. The van der Waals surface area contributed by atoms with Crippen LogP contribution in [0, 0.1) is 5.92 Å². The number of carboxylic acids is 1. The van der Waals surface area contributed by atoms with Crippen molar-refractivity contribution in [2.45, 2.75) is 39.8 Å². The number of carboxylic acid groups (broad SMARTS) is 1. The van der Waals surface area contributed by atoms with Gasteiger partial charge in [-0.25, -0.2) is 14.6 Å². The van der Waals surface area contributed by atoms with Crippen molar-refractivity contribution >= 4 is 12.0 Å². The van der Waals surface area contributed by atoms with Crippen LogP contribution in [0.1, 0.15) is 37.7 Å². The predicted octanol–water partition coefficient (Wildman–Crippen LogP) is 1.66. The second-order valence-electron chi connectivity index (χ2n) is 5.62. The number of imidazole rings is 1. The van der Waals surface area contributed by atoms with E-state index in [-0.39, 0.29) is 17.8 Å².